The molecule has 0 bridgehead atoms. The topological polar surface area (TPSA) is 46.6 Å². The Hall–Kier alpha value is -1.75. The molecule has 2 amide bonds. The van der Waals surface area contributed by atoms with Crippen molar-refractivity contribution in [3.8, 4) is 5.75 Å². The lowest BCUT2D eigenvalue weighted by Crippen LogP contribution is -2.36. The quantitative estimate of drug-likeness (QED) is 0.774. The van der Waals surface area contributed by atoms with Gasteiger partial charge in [0.25, 0.3) is 11.1 Å². The van der Waals surface area contributed by atoms with Gasteiger partial charge in [0, 0.05) is 11.6 Å². The summed E-state index contributed by atoms with van der Waals surface area (Å²) in [5, 5.41) is -0.200. The number of hydrogen-bond acceptors (Lipinski definition) is 4. The fraction of sp³-hybridized carbons (Fsp3) is 0.375. The lowest BCUT2D eigenvalue weighted by atomic mass is 10.1. The molecule has 0 N–H and O–H groups in total. The summed E-state index contributed by atoms with van der Waals surface area (Å²) in [6.45, 7) is 6.31. The van der Waals surface area contributed by atoms with Crippen molar-refractivity contribution in [2.24, 2.45) is 0 Å². The van der Waals surface area contributed by atoms with Crippen LogP contribution in [0.5, 0.6) is 5.75 Å². The molecule has 0 aliphatic carbocycles. The SMILES string of the molecule is CCOc1ccccc1C=C1SC(=O)N(C(C)CC)C1=O. The summed E-state index contributed by atoms with van der Waals surface area (Å²) in [4.78, 5) is 26.1. The number of carbonyl (C=O) groups is 2. The normalized spacial score (nSPS) is 18.4. The number of para-hydroxylation sites is 1. The van der Waals surface area contributed by atoms with Crippen LogP contribution in [0.25, 0.3) is 6.08 Å². The Morgan fingerprint density at radius 2 is 2.00 bits per heavy atom. The fourth-order valence-corrected chi connectivity index (χ4v) is 2.99. The number of benzene rings is 1. The van der Waals surface area contributed by atoms with Crippen LogP contribution < -0.4 is 4.74 Å². The number of ether oxygens (including phenoxy) is 1. The fourth-order valence-electron chi connectivity index (χ4n) is 2.07. The maximum absolute atomic E-state index is 12.4. The monoisotopic (exact) mass is 305 g/mol. The van der Waals surface area contributed by atoms with E-state index in [1.165, 1.54) is 4.90 Å². The molecule has 1 heterocycles. The lowest BCUT2D eigenvalue weighted by Gasteiger charge is -2.19. The largest absolute Gasteiger partial charge is 0.493 e. The minimum atomic E-state index is -0.217. The smallest absolute Gasteiger partial charge is 0.293 e. The molecule has 1 unspecified atom stereocenters. The summed E-state index contributed by atoms with van der Waals surface area (Å²) in [7, 11) is 0. The van der Waals surface area contributed by atoms with Crippen LogP contribution in [0.2, 0.25) is 0 Å². The second kappa shape index (κ2) is 6.80. The van der Waals surface area contributed by atoms with E-state index in [-0.39, 0.29) is 17.2 Å². The van der Waals surface area contributed by atoms with Crippen LogP contribution in [0.3, 0.4) is 0 Å². The molecule has 1 saturated heterocycles. The van der Waals surface area contributed by atoms with Gasteiger partial charge in [-0.1, -0.05) is 25.1 Å². The molecule has 1 fully saturated rings. The van der Waals surface area contributed by atoms with Crippen LogP contribution in [0.4, 0.5) is 4.79 Å². The third kappa shape index (κ3) is 3.29. The Morgan fingerprint density at radius 3 is 2.67 bits per heavy atom. The predicted molar refractivity (Wildman–Crippen MR) is 85.2 cm³/mol. The zero-order chi connectivity index (χ0) is 15.4. The Balaban J connectivity index is 2.31. The van der Waals surface area contributed by atoms with E-state index in [4.69, 9.17) is 4.74 Å². The molecule has 112 valence electrons. The number of imide groups is 1. The second-order valence-corrected chi connectivity index (χ2v) is 5.77. The molecule has 0 aromatic heterocycles. The van der Waals surface area contributed by atoms with Gasteiger partial charge in [-0.15, -0.1) is 0 Å². The zero-order valence-electron chi connectivity index (χ0n) is 12.5. The number of carbonyl (C=O) groups excluding carboxylic acids is 2. The van der Waals surface area contributed by atoms with Crippen molar-refractivity contribution in [1.82, 2.24) is 4.90 Å². The maximum atomic E-state index is 12.4. The Bertz CT molecular complexity index is 583. The molecule has 21 heavy (non-hydrogen) atoms. The molecule has 0 saturated carbocycles. The van der Waals surface area contributed by atoms with Gasteiger partial charge in [-0.05, 0) is 44.2 Å². The van der Waals surface area contributed by atoms with Crippen LogP contribution in [0.1, 0.15) is 32.8 Å². The first kappa shape index (κ1) is 15.6. The van der Waals surface area contributed by atoms with Gasteiger partial charge < -0.3 is 4.74 Å². The molecular formula is C16H19NO3S. The standard InChI is InChI=1S/C16H19NO3S/c1-4-11(3)17-15(18)14(21-16(17)19)10-12-8-6-7-9-13(12)20-5-2/h6-11H,4-5H2,1-3H3. The Kier molecular flexibility index (Phi) is 5.07. The van der Waals surface area contributed by atoms with Gasteiger partial charge in [-0.3, -0.25) is 14.5 Å². The maximum Gasteiger partial charge on any atom is 0.293 e. The van der Waals surface area contributed by atoms with E-state index in [0.717, 1.165) is 29.5 Å². The van der Waals surface area contributed by atoms with Crippen molar-refractivity contribution in [3.63, 3.8) is 0 Å². The Morgan fingerprint density at radius 1 is 1.29 bits per heavy atom. The molecule has 2 rings (SSSR count). The van der Waals surface area contributed by atoms with Gasteiger partial charge in [0.05, 0.1) is 11.5 Å². The number of hydrogen-bond donors (Lipinski definition) is 0. The zero-order valence-corrected chi connectivity index (χ0v) is 13.3. The van der Waals surface area contributed by atoms with Crippen molar-refractivity contribution in [1.29, 1.82) is 0 Å². The highest BCUT2D eigenvalue weighted by atomic mass is 32.2. The highest BCUT2D eigenvalue weighted by molar-refractivity contribution is 8.18. The average Bonchev–Trinajstić information content (AvgIpc) is 2.75. The highest BCUT2D eigenvalue weighted by Crippen LogP contribution is 2.35. The van der Waals surface area contributed by atoms with Gasteiger partial charge in [0.1, 0.15) is 5.75 Å². The third-order valence-electron chi connectivity index (χ3n) is 3.36. The summed E-state index contributed by atoms with van der Waals surface area (Å²) in [6.07, 6.45) is 2.49. The molecule has 4 nitrogen and oxygen atoms in total. The molecule has 0 radical (unpaired) electrons. The minimum Gasteiger partial charge on any atom is -0.493 e. The van der Waals surface area contributed by atoms with E-state index in [1.54, 1.807) is 6.08 Å². The van der Waals surface area contributed by atoms with Crippen LogP contribution >= 0.6 is 11.8 Å². The van der Waals surface area contributed by atoms with Crippen LogP contribution in [-0.2, 0) is 4.79 Å². The van der Waals surface area contributed by atoms with Crippen LogP contribution in [0, 0.1) is 0 Å². The van der Waals surface area contributed by atoms with Crippen molar-refractivity contribution in [2.75, 3.05) is 6.61 Å². The van der Waals surface area contributed by atoms with E-state index in [1.807, 2.05) is 45.0 Å². The first-order valence-electron chi connectivity index (χ1n) is 7.07. The summed E-state index contributed by atoms with van der Waals surface area (Å²) < 4.78 is 5.54. The number of nitrogens with zero attached hydrogens (tertiary/aromatic N) is 1. The van der Waals surface area contributed by atoms with Crippen LogP contribution in [-0.4, -0.2) is 28.7 Å². The highest BCUT2D eigenvalue weighted by Gasteiger charge is 2.37. The van der Waals surface area contributed by atoms with Gasteiger partial charge >= 0.3 is 0 Å². The Labute approximate surface area is 129 Å². The van der Waals surface area contributed by atoms with Crippen molar-refractivity contribution >= 4 is 29.0 Å². The van der Waals surface area contributed by atoms with E-state index in [2.05, 4.69) is 0 Å². The summed E-state index contributed by atoms with van der Waals surface area (Å²) in [5.41, 5.74) is 0.814. The molecule has 1 aliphatic heterocycles. The van der Waals surface area contributed by atoms with Crippen molar-refractivity contribution < 1.29 is 14.3 Å². The van der Waals surface area contributed by atoms with Crippen molar-refractivity contribution in [2.45, 2.75) is 33.2 Å². The summed E-state index contributed by atoms with van der Waals surface area (Å²) in [5.74, 6) is 0.501. The molecule has 5 heteroatoms. The average molecular weight is 305 g/mol. The number of rotatable bonds is 5. The third-order valence-corrected chi connectivity index (χ3v) is 4.24. The van der Waals surface area contributed by atoms with Gasteiger partial charge in [0.2, 0.25) is 0 Å². The second-order valence-electron chi connectivity index (χ2n) is 4.78. The predicted octanol–water partition coefficient (Wildman–Crippen LogP) is 3.92. The van der Waals surface area contributed by atoms with E-state index < -0.39 is 0 Å². The molecular weight excluding hydrogens is 286 g/mol. The van der Waals surface area contributed by atoms with E-state index >= 15 is 0 Å². The molecule has 1 atom stereocenters. The molecule has 1 aromatic carbocycles. The minimum absolute atomic E-state index is 0.0782. The molecule has 1 aliphatic rings. The number of thioether (sulfide) groups is 1. The molecule has 1 aromatic rings. The van der Waals surface area contributed by atoms with Gasteiger partial charge in [0.15, 0.2) is 0 Å². The van der Waals surface area contributed by atoms with E-state index in [0.29, 0.717) is 11.5 Å². The lowest BCUT2D eigenvalue weighted by molar-refractivity contribution is -0.124. The van der Waals surface area contributed by atoms with Gasteiger partial charge in [-0.25, -0.2) is 0 Å². The first-order valence-corrected chi connectivity index (χ1v) is 7.89. The van der Waals surface area contributed by atoms with Crippen LogP contribution in [0.15, 0.2) is 29.2 Å². The first-order chi connectivity index (χ1) is 10.1. The van der Waals surface area contributed by atoms with E-state index in [9.17, 15) is 9.59 Å². The molecule has 0 spiro atoms. The van der Waals surface area contributed by atoms with Gasteiger partial charge in [-0.2, -0.15) is 0 Å². The summed E-state index contributed by atoms with van der Waals surface area (Å²) in [6, 6.07) is 7.42. The summed E-state index contributed by atoms with van der Waals surface area (Å²) >= 11 is 0.990. The number of amides is 2. The van der Waals surface area contributed by atoms with Crippen molar-refractivity contribution in [3.05, 3.63) is 34.7 Å².